The van der Waals surface area contributed by atoms with Crippen molar-refractivity contribution in [2.45, 2.75) is 11.6 Å². The summed E-state index contributed by atoms with van der Waals surface area (Å²) in [5, 5.41) is 2.97. The van der Waals surface area contributed by atoms with Crippen LogP contribution >= 0.6 is 23.1 Å². The number of hydrogen-bond acceptors (Lipinski definition) is 6. The van der Waals surface area contributed by atoms with Crippen LogP contribution in [0.2, 0.25) is 0 Å². The summed E-state index contributed by atoms with van der Waals surface area (Å²) in [4.78, 5) is 20.5. The Hall–Kier alpha value is -2.12. The van der Waals surface area contributed by atoms with Crippen LogP contribution in [0.5, 0.6) is 0 Å². The summed E-state index contributed by atoms with van der Waals surface area (Å²) in [6, 6.07) is 9.45. The van der Waals surface area contributed by atoms with E-state index in [0.717, 1.165) is 26.5 Å². The highest BCUT2D eigenvalue weighted by Gasteiger charge is 2.10. The summed E-state index contributed by atoms with van der Waals surface area (Å²) >= 11 is 3.26. The third kappa shape index (κ3) is 2.32. The number of nitrogens with zero attached hydrogens (tertiary/aromatic N) is 3. The van der Waals surface area contributed by atoms with Crippen LogP contribution < -0.4 is 5.76 Å². The van der Waals surface area contributed by atoms with Crippen LogP contribution in [-0.4, -0.2) is 20.3 Å². The van der Waals surface area contributed by atoms with E-state index < -0.39 is 0 Å². The fraction of sp³-hybridized carbons (Fsp3) is 0.133. The molecule has 0 atom stereocenters. The fourth-order valence-electron chi connectivity index (χ4n) is 2.33. The van der Waals surface area contributed by atoms with Crippen molar-refractivity contribution in [3.63, 3.8) is 0 Å². The predicted octanol–water partition coefficient (Wildman–Crippen LogP) is 3.39. The first-order valence-electron chi connectivity index (χ1n) is 6.72. The van der Waals surface area contributed by atoms with Crippen molar-refractivity contribution < 1.29 is 4.42 Å². The first kappa shape index (κ1) is 13.5. The Labute approximate surface area is 133 Å². The molecule has 0 amide bonds. The highest BCUT2D eigenvalue weighted by molar-refractivity contribution is 7.99. The topological polar surface area (TPSA) is 60.9 Å². The average molecular weight is 329 g/mol. The molecule has 0 fully saturated rings. The molecule has 4 rings (SSSR count). The van der Waals surface area contributed by atoms with Crippen LogP contribution in [0.4, 0.5) is 0 Å². The van der Waals surface area contributed by atoms with Gasteiger partial charge in [0.1, 0.15) is 11.4 Å². The van der Waals surface area contributed by atoms with Gasteiger partial charge in [0.15, 0.2) is 5.58 Å². The van der Waals surface area contributed by atoms with Gasteiger partial charge in [0, 0.05) is 12.3 Å². The summed E-state index contributed by atoms with van der Waals surface area (Å²) in [7, 11) is 0. The number of aromatic nitrogens is 3. The first-order valence-corrected chi connectivity index (χ1v) is 8.59. The summed E-state index contributed by atoms with van der Waals surface area (Å²) < 4.78 is 7.99. The van der Waals surface area contributed by atoms with Gasteiger partial charge in [0.25, 0.3) is 0 Å². The highest BCUT2D eigenvalue weighted by atomic mass is 32.2. The molecular formula is C15H11N3O2S2. The highest BCUT2D eigenvalue weighted by Crippen LogP contribution is 2.28. The number of thiophene rings is 1. The number of aryl methyl sites for hydroxylation is 1. The summed E-state index contributed by atoms with van der Waals surface area (Å²) in [6.07, 6.45) is 1.58. The number of hydrogen-bond donors (Lipinski definition) is 0. The smallest absolute Gasteiger partial charge is 0.408 e. The van der Waals surface area contributed by atoms with Gasteiger partial charge in [-0.05, 0) is 23.6 Å². The third-order valence-electron chi connectivity index (χ3n) is 3.34. The summed E-state index contributed by atoms with van der Waals surface area (Å²) in [5.74, 6) is 0.429. The third-order valence-corrected chi connectivity index (χ3v) is 5.35. The van der Waals surface area contributed by atoms with E-state index in [1.165, 1.54) is 0 Å². The lowest BCUT2D eigenvalue weighted by molar-refractivity contribution is 0.514. The number of benzene rings is 1. The quantitative estimate of drug-likeness (QED) is 0.424. The molecule has 0 radical (unpaired) electrons. The molecule has 0 saturated carbocycles. The van der Waals surface area contributed by atoms with E-state index in [1.54, 1.807) is 40.1 Å². The molecule has 0 N–H and O–H groups in total. The molecule has 7 heteroatoms. The van der Waals surface area contributed by atoms with Gasteiger partial charge in [-0.2, -0.15) is 0 Å². The number of rotatable bonds is 4. The summed E-state index contributed by atoms with van der Waals surface area (Å²) in [5.41, 5.74) is 2.42. The number of oxazole rings is 1. The monoisotopic (exact) mass is 329 g/mol. The maximum Gasteiger partial charge on any atom is 0.419 e. The largest absolute Gasteiger partial charge is 0.419 e. The predicted molar refractivity (Wildman–Crippen MR) is 88.6 cm³/mol. The molecule has 0 aliphatic carbocycles. The van der Waals surface area contributed by atoms with Crippen LogP contribution in [0, 0.1) is 0 Å². The van der Waals surface area contributed by atoms with Gasteiger partial charge in [-0.25, -0.2) is 14.8 Å². The van der Waals surface area contributed by atoms with E-state index >= 15 is 0 Å². The van der Waals surface area contributed by atoms with E-state index in [9.17, 15) is 4.79 Å². The van der Waals surface area contributed by atoms with Crippen LogP contribution in [0.1, 0.15) is 0 Å². The minimum absolute atomic E-state index is 0.314. The molecule has 3 heterocycles. The van der Waals surface area contributed by atoms with Gasteiger partial charge in [-0.15, -0.1) is 23.1 Å². The lowest BCUT2D eigenvalue weighted by Crippen LogP contribution is -2.15. The fourth-order valence-corrected chi connectivity index (χ4v) is 4.20. The molecule has 0 unspecified atom stereocenters. The Morgan fingerprint density at radius 1 is 1.23 bits per heavy atom. The van der Waals surface area contributed by atoms with Crippen molar-refractivity contribution >= 4 is 44.4 Å². The molecule has 5 nitrogen and oxygen atoms in total. The maximum atomic E-state index is 11.9. The zero-order chi connectivity index (χ0) is 14.9. The van der Waals surface area contributed by atoms with Crippen LogP contribution in [0.25, 0.3) is 21.3 Å². The Morgan fingerprint density at radius 3 is 3.09 bits per heavy atom. The van der Waals surface area contributed by atoms with Crippen LogP contribution in [0.15, 0.2) is 56.3 Å². The van der Waals surface area contributed by atoms with Crippen molar-refractivity contribution in [3.8, 4) is 0 Å². The van der Waals surface area contributed by atoms with Gasteiger partial charge in [0.05, 0.1) is 15.7 Å². The molecule has 1 aromatic carbocycles. The molecule has 3 aromatic heterocycles. The van der Waals surface area contributed by atoms with Gasteiger partial charge in [0.2, 0.25) is 0 Å². The Morgan fingerprint density at radius 2 is 2.14 bits per heavy atom. The van der Waals surface area contributed by atoms with Crippen LogP contribution in [-0.2, 0) is 6.54 Å². The average Bonchev–Trinajstić information content (AvgIpc) is 3.12. The van der Waals surface area contributed by atoms with E-state index in [-0.39, 0.29) is 5.76 Å². The standard InChI is InChI=1S/C15H11N3O2S2/c19-15-18(11-3-1-2-4-12(11)20-15)6-8-22-14-13-10(5-7-21-13)16-9-17-14/h1-5,7,9H,6,8H2. The molecule has 110 valence electrons. The van der Waals surface area contributed by atoms with Crippen molar-refractivity contribution in [1.82, 2.24) is 14.5 Å². The molecular weight excluding hydrogens is 318 g/mol. The molecule has 0 saturated heterocycles. The zero-order valence-electron chi connectivity index (χ0n) is 11.4. The molecule has 4 aromatic rings. The van der Waals surface area contributed by atoms with E-state index in [0.29, 0.717) is 12.1 Å². The van der Waals surface area contributed by atoms with Crippen molar-refractivity contribution in [3.05, 3.63) is 52.6 Å². The molecule has 0 spiro atoms. The zero-order valence-corrected chi connectivity index (χ0v) is 13.1. The maximum absolute atomic E-state index is 11.9. The van der Waals surface area contributed by atoms with Gasteiger partial charge >= 0.3 is 5.76 Å². The van der Waals surface area contributed by atoms with E-state index in [1.807, 2.05) is 29.6 Å². The lowest BCUT2D eigenvalue weighted by Gasteiger charge is -2.03. The molecule has 0 bridgehead atoms. The Kier molecular flexibility index (Phi) is 3.44. The second-order valence-electron chi connectivity index (χ2n) is 4.65. The lowest BCUT2D eigenvalue weighted by atomic mass is 10.3. The number of para-hydroxylation sites is 2. The van der Waals surface area contributed by atoms with Crippen molar-refractivity contribution in [1.29, 1.82) is 0 Å². The van der Waals surface area contributed by atoms with Crippen LogP contribution in [0.3, 0.4) is 0 Å². The second-order valence-corrected chi connectivity index (χ2v) is 6.65. The summed E-state index contributed by atoms with van der Waals surface area (Å²) in [6.45, 7) is 0.581. The van der Waals surface area contributed by atoms with E-state index in [2.05, 4.69) is 9.97 Å². The minimum atomic E-state index is -0.314. The van der Waals surface area contributed by atoms with Gasteiger partial charge < -0.3 is 4.42 Å². The molecule has 0 aliphatic heterocycles. The minimum Gasteiger partial charge on any atom is -0.408 e. The first-order chi connectivity index (χ1) is 10.8. The van der Waals surface area contributed by atoms with Crippen molar-refractivity contribution in [2.24, 2.45) is 0 Å². The number of fused-ring (bicyclic) bond motifs is 2. The Bertz CT molecular complexity index is 1000. The second kappa shape index (κ2) is 5.58. The molecule has 0 aliphatic rings. The SMILES string of the molecule is O=c1oc2ccccc2n1CCSc1ncnc2ccsc12. The normalized spacial score (nSPS) is 11.5. The van der Waals surface area contributed by atoms with Gasteiger partial charge in [-0.1, -0.05) is 12.1 Å². The number of thioether (sulfide) groups is 1. The van der Waals surface area contributed by atoms with Crippen molar-refractivity contribution in [2.75, 3.05) is 5.75 Å². The van der Waals surface area contributed by atoms with E-state index in [4.69, 9.17) is 4.42 Å². The Balaban J connectivity index is 1.56. The van der Waals surface area contributed by atoms with Gasteiger partial charge in [-0.3, -0.25) is 4.57 Å². The molecule has 22 heavy (non-hydrogen) atoms.